The van der Waals surface area contributed by atoms with E-state index >= 15 is 0 Å². The van der Waals surface area contributed by atoms with E-state index in [1.165, 1.54) is 29.8 Å². The average molecular weight is 388 g/mol. The summed E-state index contributed by atoms with van der Waals surface area (Å²) in [5.74, 6) is -0.218. The van der Waals surface area contributed by atoms with E-state index in [0.29, 0.717) is 22.7 Å². The van der Waals surface area contributed by atoms with Crippen molar-refractivity contribution in [3.8, 4) is 5.69 Å². The molecule has 1 aromatic heterocycles. The van der Waals surface area contributed by atoms with Crippen LogP contribution in [0.4, 0.5) is 10.1 Å². The van der Waals surface area contributed by atoms with Crippen LogP contribution in [0, 0.1) is 12.7 Å². The highest BCUT2D eigenvalue weighted by Gasteiger charge is 2.12. The lowest BCUT2D eigenvalue weighted by molar-refractivity contribution is 0.102. The fraction of sp³-hybridized carbons (Fsp3) is 0.174. The van der Waals surface area contributed by atoms with Gasteiger partial charge in [-0.05, 0) is 72.5 Å². The van der Waals surface area contributed by atoms with Crippen molar-refractivity contribution in [2.45, 2.75) is 26.7 Å². The lowest BCUT2D eigenvalue weighted by Gasteiger charge is -2.08. The molecule has 6 heteroatoms. The summed E-state index contributed by atoms with van der Waals surface area (Å²) in [4.78, 5) is 14.0. The van der Waals surface area contributed by atoms with Crippen LogP contribution in [-0.2, 0) is 0 Å². The molecule has 0 radical (unpaired) electrons. The lowest BCUT2D eigenvalue weighted by Crippen LogP contribution is -2.12. The van der Waals surface area contributed by atoms with E-state index in [2.05, 4.69) is 41.5 Å². The van der Waals surface area contributed by atoms with Crippen molar-refractivity contribution < 1.29 is 9.18 Å². The van der Waals surface area contributed by atoms with Crippen LogP contribution in [0.3, 0.4) is 0 Å². The zero-order valence-electron chi connectivity index (χ0n) is 16.5. The van der Waals surface area contributed by atoms with Crippen LogP contribution in [0.5, 0.6) is 0 Å². The minimum Gasteiger partial charge on any atom is -0.322 e. The van der Waals surface area contributed by atoms with E-state index in [1.54, 1.807) is 10.9 Å². The Hall–Kier alpha value is -3.54. The lowest BCUT2D eigenvalue weighted by atomic mass is 10.0. The van der Waals surface area contributed by atoms with Gasteiger partial charge in [0.25, 0.3) is 5.91 Å². The zero-order valence-corrected chi connectivity index (χ0v) is 16.5. The van der Waals surface area contributed by atoms with Crippen LogP contribution in [0.15, 0.2) is 60.7 Å². The zero-order chi connectivity index (χ0) is 20.5. The van der Waals surface area contributed by atoms with Gasteiger partial charge in [-0.15, -0.1) is 10.2 Å². The van der Waals surface area contributed by atoms with Gasteiger partial charge in [0, 0.05) is 11.3 Å². The van der Waals surface area contributed by atoms with Gasteiger partial charge >= 0.3 is 0 Å². The highest BCUT2D eigenvalue weighted by Crippen LogP contribution is 2.23. The first-order chi connectivity index (χ1) is 13.9. The van der Waals surface area contributed by atoms with Crippen LogP contribution in [-0.4, -0.2) is 20.9 Å². The molecule has 4 aromatic rings. The fourth-order valence-electron chi connectivity index (χ4n) is 3.11. The summed E-state index contributed by atoms with van der Waals surface area (Å²) < 4.78 is 13.1. The van der Waals surface area contributed by atoms with Gasteiger partial charge in [0.1, 0.15) is 16.9 Å². The molecule has 0 bridgehead atoms. The predicted molar refractivity (Wildman–Crippen MR) is 112 cm³/mol. The molecule has 146 valence electrons. The molecule has 0 atom stereocenters. The Morgan fingerprint density at radius 1 is 0.966 bits per heavy atom. The van der Waals surface area contributed by atoms with Gasteiger partial charge in [-0.1, -0.05) is 26.0 Å². The van der Waals surface area contributed by atoms with E-state index < -0.39 is 0 Å². The fourth-order valence-corrected chi connectivity index (χ4v) is 3.11. The number of rotatable bonds is 4. The summed E-state index contributed by atoms with van der Waals surface area (Å²) in [7, 11) is 0. The highest BCUT2D eigenvalue weighted by molar-refractivity contribution is 6.05. The monoisotopic (exact) mass is 388 g/mol. The maximum atomic E-state index is 13.1. The number of nitrogens with zero attached hydrogens (tertiary/aromatic N) is 3. The van der Waals surface area contributed by atoms with E-state index in [-0.39, 0.29) is 11.7 Å². The number of carbonyl (C=O) groups is 1. The SMILES string of the molecule is Cc1cc2nn(-c3ccc(C(C)C)cc3)nc2cc1NC(=O)c1ccc(F)cc1. The Bertz CT molecular complexity index is 1180. The summed E-state index contributed by atoms with van der Waals surface area (Å²) >= 11 is 0. The summed E-state index contributed by atoms with van der Waals surface area (Å²) in [6.45, 7) is 6.20. The first-order valence-electron chi connectivity index (χ1n) is 9.45. The number of carbonyl (C=O) groups excluding carboxylic acids is 1. The number of fused-ring (bicyclic) bond motifs is 1. The third kappa shape index (κ3) is 3.87. The minimum absolute atomic E-state index is 0.302. The predicted octanol–water partition coefficient (Wildman–Crippen LogP) is 5.24. The number of aromatic nitrogens is 3. The molecule has 0 fully saturated rings. The average Bonchev–Trinajstić information content (AvgIpc) is 3.11. The largest absolute Gasteiger partial charge is 0.322 e. The summed E-state index contributed by atoms with van der Waals surface area (Å²) in [5.41, 5.74) is 5.46. The number of halogens is 1. The minimum atomic E-state index is -0.378. The van der Waals surface area contributed by atoms with Gasteiger partial charge in [-0.2, -0.15) is 4.80 Å². The molecule has 0 saturated heterocycles. The molecular formula is C23H21FN4O. The first-order valence-corrected chi connectivity index (χ1v) is 9.45. The van der Waals surface area contributed by atoms with Gasteiger partial charge in [0.05, 0.1) is 5.69 Å². The molecule has 0 aliphatic rings. The van der Waals surface area contributed by atoms with E-state index in [9.17, 15) is 9.18 Å². The smallest absolute Gasteiger partial charge is 0.255 e. The van der Waals surface area contributed by atoms with Gasteiger partial charge < -0.3 is 5.32 Å². The normalized spacial score (nSPS) is 11.2. The number of hydrogen-bond acceptors (Lipinski definition) is 3. The Kier molecular flexibility index (Phi) is 4.84. The van der Waals surface area contributed by atoms with Gasteiger partial charge in [-0.25, -0.2) is 4.39 Å². The van der Waals surface area contributed by atoms with Crippen LogP contribution < -0.4 is 5.32 Å². The number of aryl methyl sites for hydroxylation is 1. The molecule has 0 aliphatic carbocycles. The first kappa shape index (κ1) is 18.8. The van der Waals surface area contributed by atoms with E-state index in [0.717, 1.165) is 16.8 Å². The van der Waals surface area contributed by atoms with Crippen LogP contribution in [0.2, 0.25) is 0 Å². The second-order valence-corrected chi connectivity index (χ2v) is 7.35. The van der Waals surface area contributed by atoms with E-state index in [1.807, 2.05) is 25.1 Å². The van der Waals surface area contributed by atoms with Crippen LogP contribution in [0.1, 0.15) is 41.3 Å². The number of anilines is 1. The Balaban J connectivity index is 1.63. The molecule has 5 nitrogen and oxygen atoms in total. The van der Waals surface area contributed by atoms with Gasteiger partial charge in [-0.3, -0.25) is 4.79 Å². The molecular weight excluding hydrogens is 367 g/mol. The molecule has 0 spiro atoms. The Morgan fingerprint density at radius 3 is 2.21 bits per heavy atom. The van der Waals surface area contributed by atoms with Gasteiger partial charge in [0.15, 0.2) is 0 Å². The van der Waals surface area contributed by atoms with Crippen molar-refractivity contribution in [1.82, 2.24) is 15.0 Å². The van der Waals surface area contributed by atoms with Crippen LogP contribution >= 0.6 is 0 Å². The standard InChI is InChI=1S/C23H21FN4O/c1-14(2)16-6-10-19(11-7-16)28-26-21-12-15(3)20(13-22(21)27-28)25-23(29)17-4-8-18(24)9-5-17/h4-14H,1-3H3,(H,25,29). The van der Waals surface area contributed by atoms with Gasteiger partial charge in [0.2, 0.25) is 0 Å². The Morgan fingerprint density at radius 2 is 1.59 bits per heavy atom. The molecule has 1 amide bonds. The molecule has 0 saturated carbocycles. The van der Waals surface area contributed by atoms with Crippen LogP contribution in [0.25, 0.3) is 16.7 Å². The third-order valence-corrected chi connectivity index (χ3v) is 4.87. The molecule has 4 rings (SSSR count). The maximum Gasteiger partial charge on any atom is 0.255 e. The second kappa shape index (κ2) is 7.47. The summed E-state index contributed by atoms with van der Waals surface area (Å²) in [6.07, 6.45) is 0. The number of hydrogen-bond donors (Lipinski definition) is 1. The third-order valence-electron chi connectivity index (χ3n) is 4.87. The van der Waals surface area contributed by atoms with E-state index in [4.69, 9.17) is 0 Å². The quantitative estimate of drug-likeness (QED) is 0.520. The second-order valence-electron chi connectivity index (χ2n) is 7.35. The topological polar surface area (TPSA) is 59.8 Å². The van der Waals surface area contributed by atoms with Crippen molar-refractivity contribution in [3.63, 3.8) is 0 Å². The Labute approximate surface area is 168 Å². The molecule has 1 N–H and O–H groups in total. The van der Waals surface area contributed by atoms with Crippen molar-refractivity contribution in [3.05, 3.63) is 83.2 Å². The van der Waals surface area contributed by atoms with Crippen molar-refractivity contribution in [2.75, 3.05) is 5.32 Å². The molecule has 0 aliphatic heterocycles. The number of amides is 1. The summed E-state index contributed by atoms with van der Waals surface area (Å²) in [6, 6.07) is 17.3. The van der Waals surface area contributed by atoms with Crippen molar-refractivity contribution in [1.29, 1.82) is 0 Å². The number of nitrogens with one attached hydrogen (secondary N) is 1. The van der Waals surface area contributed by atoms with Crippen molar-refractivity contribution >= 4 is 22.6 Å². The number of benzene rings is 3. The molecule has 0 unspecified atom stereocenters. The highest BCUT2D eigenvalue weighted by atomic mass is 19.1. The van der Waals surface area contributed by atoms with Crippen molar-refractivity contribution in [2.24, 2.45) is 0 Å². The molecule has 3 aromatic carbocycles. The molecule has 29 heavy (non-hydrogen) atoms. The molecule has 1 heterocycles. The summed E-state index contributed by atoms with van der Waals surface area (Å²) in [5, 5.41) is 12.0. The maximum absolute atomic E-state index is 13.1.